The van der Waals surface area contributed by atoms with E-state index < -0.39 is 0 Å². The Balaban J connectivity index is -0.0000000145. The van der Waals surface area contributed by atoms with Crippen LogP contribution in [0.5, 0.6) is 0 Å². The SMILES string of the molecule is O=N[O-].O=N[O-].O=N[O-].O=N[O-].[Au].[Ti+4]. The molecule has 0 unspecified atom stereocenters. The van der Waals surface area contributed by atoms with Crippen molar-refractivity contribution in [3.63, 3.8) is 0 Å². The van der Waals surface area contributed by atoms with Gasteiger partial charge in [0.25, 0.3) is 0 Å². The number of rotatable bonds is 0. The van der Waals surface area contributed by atoms with Crippen LogP contribution in [0.25, 0.3) is 0 Å². The van der Waals surface area contributed by atoms with E-state index in [1.807, 2.05) is 0 Å². The molecule has 0 rings (SSSR count). The second kappa shape index (κ2) is 158. The third-order valence-corrected chi connectivity index (χ3v) is 0. The molecule has 0 bridgehead atoms. The zero-order chi connectivity index (χ0) is 10.8. The summed E-state index contributed by atoms with van der Waals surface area (Å²) >= 11 is 0. The molecule has 14 heteroatoms. The second-order valence-corrected chi connectivity index (χ2v) is 0.298. The Morgan fingerprint density at radius 2 is 0.571 bits per heavy atom. The van der Waals surface area contributed by atoms with Crippen LogP contribution in [0.3, 0.4) is 0 Å². The Kier molecular flexibility index (Phi) is 430. The average molecular weight is 429 g/mol. The van der Waals surface area contributed by atoms with E-state index in [4.69, 9.17) is 40.5 Å². The van der Waals surface area contributed by atoms with Gasteiger partial charge in [-0.1, -0.05) is 0 Å². The summed E-state index contributed by atoms with van der Waals surface area (Å²) in [5.74, 6) is 0. The van der Waals surface area contributed by atoms with Crippen molar-refractivity contribution in [2.24, 2.45) is 21.4 Å². The summed E-state index contributed by atoms with van der Waals surface area (Å²) in [5.41, 5.74) is 0. The van der Waals surface area contributed by atoms with Crippen LogP contribution in [0.15, 0.2) is 21.4 Å². The molecule has 0 saturated heterocycles. The van der Waals surface area contributed by atoms with Crippen LogP contribution < -0.4 is 0 Å². The third-order valence-electron chi connectivity index (χ3n) is 0. The summed E-state index contributed by atoms with van der Waals surface area (Å²) in [4.78, 5) is 32.0. The smallest absolute Gasteiger partial charge is 0.444 e. The van der Waals surface area contributed by atoms with E-state index in [0.717, 1.165) is 21.4 Å². The predicted molar refractivity (Wildman–Crippen MR) is 36.6 cm³/mol. The van der Waals surface area contributed by atoms with E-state index in [0.29, 0.717) is 0 Å². The predicted octanol–water partition coefficient (Wildman–Crippen LogP) is 0.997. The largest absolute Gasteiger partial charge is 4.00 e. The average Bonchev–Trinajstić information content (AvgIpc) is 1.92. The van der Waals surface area contributed by atoms with Gasteiger partial charge in [-0.2, -0.15) is 0 Å². The van der Waals surface area contributed by atoms with Gasteiger partial charge in [-0.15, -0.1) is 21.4 Å². The van der Waals surface area contributed by atoms with E-state index in [9.17, 15) is 0 Å². The Morgan fingerprint density at radius 1 is 0.571 bits per heavy atom. The summed E-state index contributed by atoms with van der Waals surface area (Å²) in [6, 6.07) is 0. The van der Waals surface area contributed by atoms with Gasteiger partial charge in [0.2, 0.25) is 0 Å². The van der Waals surface area contributed by atoms with Crippen molar-refractivity contribution in [3.05, 3.63) is 40.5 Å². The number of hydrogen-bond donors (Lipinski definition) is 0. The minimum absolute atomic E-state index is 0. The first kappa shape index (κ1) is 38.1. The molecule has 83 valence electrons. The zero-order valence-electron chi connectivity index (χ0n) is 5.86. The zero-order valence-corrected chi connectivity index (χ0v) is 9.58. The molecule has 0 spiro atoms. The van der Waals surface area contributed by atoms with Crippen molar-refractivity contribution >= 4 is 0 Å². The van der Waals surface area contributed by atoms with Gasteiger partial charge in [0, 0.05) is 22.4 Å². The number of hydrogen-bond acceptors (Lipinski definition) is 12. The summed E-state index contributed by atoms with van der Waals surface area (Å²) in [6.45, 7) is 0. The van der Waals surface area contributed by atoms with Crippen LogP contribution in [0, 0.1) is 40.5 Å². The van der Waals surface area contributed by atoms with Gasteiger partial charge < -0.3 is 40.5 Å². The first-order chi connectivity index (χ1) is 5.66. The molecule has 0 aliphatic rings. The molecular formula is AuN4O8Ti. The summed E-state index contributed by atoms with van der Waals surface area (Å²) in [6.07, 6.45) is 0. The van der Waals surface area contributed by atoms with Crippen molar-refractivity contribution in [2.45, 2.75) is 0 Å². The monoisotopic (exact) mass is 429 g/mol. The van der Waals surface area contributed by atoms with E-state index in [1.54, 1.807) is 0 Å². The minimum Gasteiger partial charge on any atom is -0.444 e. The Morgan fingerprint density at radius 3 is 0.571 bits per heavy atom. The quantitative estimate of drug-likeness (QED) is 0.307. The standard InChI is InChI=1S/Au.4HNO2.Ti/c;4*2-1-3;/h;4*(H,2,3);/q;;;;;+4/p-4. The summed E-state index contributed by atoms with van der Waals surface area (Å²) in [5, 5.41) is 36.0. The molecule has 0 aliphatic carbocycles. The molecule has 0 N–H and O–H groups in total. The molecule has 14 heavy (non-hydrogen) atoms. The van der Waals surface area contributed by atoms with Gasteiger partial charge in [-0.3, -0.25) is 0 Å². The van der Waals surface area contributed by atoms with E-state index in [-0.39, 0.29) is 44.1 Å². The molecule has 1 radical (unpaired) electrons. The van der Waals surface area contributed by atoms with Crippen LogP contribution >= 0.6 is 0 Å². The summed E-state index contributed by atoms with van der Waals surface area (Å²) < 4.78 is 0. The Labute approximate surface area is 106 Å². The van der Waals surface area contributed by atoms with Gasteiger partial charge in [-0.25, -0.2) is 0 Å². The van der Waals surface area contributed by atoms with E-state index >= 15 is 0 Å². The molecular weight excluding hydrogens is 429 g/mol. The molecule has 0 aromatic rings. The second-order valence-electron chi connectivity index (χ2n) is 0.298. The van der Waals surface area contributed by atoms with E-state index in [1.165, 1.54) is 0 Å². The molecule has 0 heterocycles. The summed E-state index contributed by atoms with van der Waals surface area (Å²) in [7, 11) is 0. The van der Waals surface area contributed by atoms with Crippen molar-refractivity contribution in [1.29, 1.82) is 0 Å². The fourth-order valence-electron chi connectivity index (χ4n) is 0. The van der Waals surface area contributed by atoms with Crippen LogP contribution in [0.4, 0.5) is 0 Å². The van der Waals surface area contributed by atoms with Crippen molar-refractivity contribution < 1.29 is 44.1 Å². The van der Waals surface area contributed by atoms with E-state index in [2.05, 4.69) is 0 Å². The van der Waals surface area contributed by atoms with Crippen molar-refractivity contribution in [2.75, 3.05) is 0 Å². The maximum Gasteiger partial charge on any atom is 4.00 e. The van der Waals surface area contributed by atoms with Crippen molar-refractivity contribution in [3.8, 4) is 0 Å². The molecule has 0 atom stereocenters. The molecule has 0 saturated carbocycles. The first-order valence-corrected chi connectivity index (χ1v) is 1.46. The van der Waals surface area contributed by atoms with Gasteiger partial charge in [0.15, 0.2) is 0 Å². The first-order valence-electron chi connectivity index (χ1n) is 1.46. The van der Waals surface area contributed by atoms with Gasteiger partial charge in [0.05, 0.1) is 0 Å². The molecule has 0 aliphatic heterocycles. The maximum atomic E-state index is 8.00. The van der Waals surface area contributed by atoms with Crippen LogP contribution in [0.2, 0.25) is 0 Å². The number of nitrogens with zero attached hydrogens (tertiary/aromatic N) is 4. The third kappa shape index (κ3) is 1250. The van der Waals surface area contributed by atoms with Crippen LogP contribution in [0.1, 0.15) is 0 Å². The van der Waals surface area contributed by atoms with Crippen molar-refractivity contribution in [1.82, 2.24) is 0 Å². The molecule has 0 fully saturated rings. The van der Waals surface area contributed by atoms with Gasteiger partial charge in [0.1, 0.15) is 0 Å². The minimum atomic E-state index is 0. The maximum absolute atomic E-state index is 8.00. The van der Waals surface area contributed by atoms with Crippen LogP contribution in [-0.2, 0) is 44.1 Å². The van der Waals surface area contributed by atoms with Crippen LogP contribution in [-0.4, -0.2) is 0 Å². The topological polar surface area (TPSA) is 210 Å². The fraction of sp³-hybridized carbons (Fsp3) is 0. The fourth-order valence-corrected chi connectivity index (χ4v) is 0. The van der Waals surface area contributed by atoms with Gasteiger partial charge in [-0.05, 0) is 0 Å². The normalized spacial score (nSPS) is 3.43. The molecule has 0 aromatic heterocycles. The molecule has 0 amide bonds. The Hall–Kier alpha value is -0.945. The Bertz CT molecular complexity index is 75.3. The van der Waals surface area contributed by atoms with Gasteiger partial charge >= 0.3 is 21.7 Å². The molecule has 0 aromatic carbocycles. The molecule has 12 nitrogen and oxygen atoms in total.